The Labute approximate surface area is 96.6 Å². The normalized spacial score (nSPS) is 17.4. The molecular weight excluding hydrogens is 222 g/mol. The van der Waals surface area contributed by atoms with Crippen molar-refractivity contribution in [2.75, 3.05) is 0 Å². The van der Waals surface area contributed by atoms with Crippen molar-refractivity contribution in [1.29, 1.82) is 0 Å². The highest BCUT2D eigenvalue weighted by molar-refractivity contribution is 7.92. The molecule has 1 aliphatic rings. The SMILES string of the molecule is CC(C)(N)c1ccc(S(=O)(=O)C2CC2)cc1. The van der Waals surface area contributed by atoms with Crippen molar-refractivity contribution in [3.8, 4) is 0 Å². The van der Waals surface area contributed by atoms with E-state index in [9.17, 15) is 8.42 Å². The number of rotatable bonds is 3. The van der Waals surface area contributed by atoms with Crippen LogP contribution < -0.4 is 5.73 Å². The van der Waals surface area contributed by atoms with Crippen LogP contribution in [0.2, 0.25) is 0 Å². The quantitative estimate of drug-likeness (QED) is 0.875. The van der Waals surface area contributed by atoms with Gasteiger partial charge in [-0.1, -0.05) is 12.1 Å². The van der Waals surface area contributed by atoms with E-state index >= 15 is 0 Å². The van der Waals surface area contributed by atoms with Crippen LogP contribution in [0.5, 0.6) is 0 Å². The summed E-state index contributed by atoms with van der Waals surface area (Å²) in [6, 6.07) is 6.93. The zero-order chi connectivity index (χ0) is 12.0. The highest BCUT2D eigenvalue weighted by Gasteiger charge is 2.36. The summed E-state index contributed by atoms with van der Waals surface area (Å²) >= 11 is 0. The van der Waals surface area contributed by atoms with Crippen LogP contribution in [0.15, 0.2) is 29.2 Å². The van der Waals surface area contributed by atoms with Crippen molar-refractivity contribution < 1.29 is 8.42 Å². The maximum Gasteiger partial charge on any atom is 0.181 e. The van der Waals surface area contributed by atoms with Gasteiger partial charge in [0.1, 0.15) is 0 Å². The fourth-order valence-corrected chi connectivity index (χ4v) is 3.30. The summed E-state index contributed by atoms with van der Waals surface area (Å²) in [6.07, 6.45) is 1.60. The molecule has 3 nitrogen and oxygen atoms in total. The van der Waals surface area contributed by atoms with E-state index in [4.69, 9.17) is 5.73 Å². The van der Waals surface area contributed by atoms with Crippen LogP contribution in [-0.2, 0) is 15.4 Å². The Hall–Kier alpha value is -0.870. The molecule has 1 saturated carbocycles. The average Bonchev–Trinajstić information content (AvgIpc) is 3.00. The Morgan fingerprint density at radius 3 is 2.06 bits per heavy atom. The first kappa shape index (κ1) is 11.6. The van der Waals surface area contributed by atoms with Crippen LogP contribution in [0.4, 0.5) is 0 Å². The Morgan fingerprint density at radius 2 is 1.69 bits per heavy atom. The molecule has 0 unspecified atom stereocenters. The molecule has 1 fully saturated rings. The van der Waals surface area contributed by atoms with E-state index < -0.39 is 15.4 Å². The number of sulfone groups is 1. The lowest BCUT2D eigenvalue weighted by molar-refractivity contribution is 0.553. The molecule has 1 aliphatic carbocycles. The number of nitrogens with two attached hydrogens (primary N) is 1. The Morgan fingerprint density at radius 1 is 1.19 bits per heavy atom. The average molecular weight is 239 g/mol. The maximum absolute atomic E-state index is 11.9. The summed E-state index contributed by atoms with van der Waals surface area (Å²) in [5, 5.41) is -0.149. The Kier molecular flexibility index (Phi) is 2.59. The summed E-state index contributed by atoms with van der Waals surface area (Å²) in [7, 11) is -3.07. The maximum atomic E-state index is 11.9. The second-order valence-electron chi connectivity index (χ2n) is 4.99. The molecule has 88 valence electrons. The number of benzene rings is 1. The monoisotopic (exact) mass is 239 g/mol. The van der Waals surface area contributed by atoms with Crippen LogP contribution >= 0.6 is 0 Å². The van der Waals surface area contributed by atoms with Crippen LogP contribution in [-0.4, -0.2) is 13.7 Å². The third kappa shape index (κ3) is 2.13. The molecule has 0 atom stereocenters. The minimum absolute atomic E-state index is 0.149. The molecule has 1 aromatic rings. The van der Waals surface area contributed by atoms with Gasteiger partial charge in [-0.2, -0.15) is 0 Å². The van der Waals surface area contributed by atoms with Gasteiger partial charge in [0.2, 0.25) is 0 Å². The highest BCUT2D eigenvalue weighted by Crippen LogP contribution is 2.33. The van der Waals surface area contributed by atoms with Gasteiger partial charge in [0.05, 0.1) is 10.1 Å². The van der Waals surface area contributed by atoms with Crippen molar-refractivity contribution in [1.82, 2.24) is 0 Å². The first-order chi connectivity index (χ1) is 7.32. The minimum atomic E-state index is -3.07. The highest BCUT2D eigenvalue weighted by atomic mass is 32.2. The molecule has 0 bridgehead atoms. The predicted octanol–water partition coefficient (Wildman–Crippen LogP) is 1.82. The molecule has 0 spiro atoms. The third-order valence-corrected chi connectivity index (χ3v) is 5.17. The molecule has 2 rings (SSSR count). The van der Waals surface area contributed by atoms with Crippen molar-refractivity contribution in [2.24, 2.45) is 5.73 Å². The molecule has 2 N–H and O–H groups in total. The van der Waals surface area contributed by atoms with E-state index in [-0.39, 0.29) is 5.25 Å². The van der Waals surface area contributed by atoms with Gasteiger partial charge in [0, 0.05) is 5.54 Å². The lowest BCUT2D eigenvalue weighted by atomic mass is 9.96. The minimum Gasteiger partial charge on any atom is -0.322 e. The molecule has 4 heteroatoms. The van der Waals surface area contributed by atoms with Gasteiger partial charge in [-0.15, -0.1) is 0 Å². The molecule has 0 heterocycles. The summed E-state index contributed by atoms with van der Waals surface area (Å²) < 4.78 is 23.8. The molecule has 0 radical (unpaired) electrons. The lowest BCUT2D eigenvalue weighted by Gasteiger charge is -2.19. The Bertz CT molecular complexity index is 479. The Balaban J connectivity index is 2.33. The standard InChI is InChI=1S/C12H17NO2S/c1-12(2,13)9-3-5-10(6-4-9)16(14,15)11-7-8-11/h3-6,11H,7-8,13H2,1-2H3. The third-order valence-electron chi connectivity index (χ3n) is 2.89. The second kappa shape index (κ2) is 3.57. The largest absolute Gasteiger partial charge is 0.322 e. The molecular formula is C12H17NO2S. The zero-order valence-electron chi connectivity index (χ0n) is 9.60. The fraction of sp³-hybridized carbons (Fsp3) is 0.500. The fourth-order valence-electron chi connectivity index (χ4n) is 1.64. The van der Waals surface area contributed by atoms with E-state index in [2.05, 4.69) is 0 Å². The summed E-state index contributed by atoms with van der Waals surface area (Å²) in [4.78, 5) is 0.419. The smallest absolute Gasteiger partial charge is 0.181 e. The van der Waals surface area contributed by atoms with Gasteiger partial charge in [-0.05, 0) is 44.4 Å². The van der Waals surface area contributed by atoms with E-state index in [0.29, 0.717) is 4.90 Å². The first-order valence-electron chi connectivity index (χ1n) is 5.45. The summed E-state index contributed by atoms with van der Waals surface area (Å²) in [5.74, 6) is 0. The van der Waals surface area contributed by atoms with E-state index in [1.807, 2.05) is 13.8 Å². The van der Waals surface area contributed by atoms with E-state index in [1.54, 1.807) is 24.3 Å². The molecule has 1 aromatic carbocycles. The van der Waals surface area contributed by atoms with Crippen LogP contribution in [0, 0.1) is 0 Å². The van der Waals surface area contributed by atoms with Gasteiger partial charge < -0.3 is 5.73 Å². The molecule has 0 saturated heterocycles. The van der Waals surface area contributed by atoms with Gasteiger partial charge in [0.15, 0.2) is 9.84 Å². The number of hydrogen-bond acceptors (Lipinski definition) is 3. The van der Waals surface area contributed by atoms with Crippen LogP contribution in [0.25, 0.3) is 0 Å². The molecule has 16 heavy (non-hydrogen) atoms. The van der Waals surface area contributed by atoms with E-state index in [1.165, 1.54) is 0 Å². The van der Waals surface area contributed by atoms with Crippen molar-refractivity contribution in [3.05, 3.63) is 29.8 Å². The molecule has 0 aliphatic heterocycles. The first-order valence-corrected chi connectivity index (χ1v) is 7.00. The van der Waals surface area contributed by atoms with Crippen molar-refractivity contribution in [2.45, 2.75) is 42.4 Å². The van der Waals surface area contributed by atoms with Gasteiger partial charge >= 0.3 is 0 Å². The number of hydrogen-bond donors (Lipinski definition) is 1. The van der Waals surface area contributed by atoms with Gasteiger partial charge in [0.25, 0.3) is 0 Å². The van der Waals surface area contributed by atoms with Crippen molar-refractivity contribution >= 4 is 9.84 Å². The topological polar surface area (TPSA) is 60.2 Å². The molecule has 0 amide bonds. The second-order valence-corrected chi connectivity index (χ2v) is 7.22. The summed E-state index contributed by atoms with van der Waals surface area (Å²) in [6.45, 7) is 3.80. The summed E-state index contributed by atoms with van der Waals surface area (Å²) in [5.41, 5.74) is 6.46. The predicted molar refractivity (Wildman–Crippen MR) is 63.9 cm³/mol. The zero-order valence-corrected chi connectivity index (χ0v) is 10.4. The van der Waals surface area contributed by atoms with Gasteiger partial charge in [-0.3, -0.25) is 0 Å². The lowest BCUT2D eigenvalue weighted by Crippen LogP contribution is -2.28. The molecule has 0 aromatic heterocycles. The van der Waals surface area contributed by atoms with Crippen LogP contribution in [0.1, 0.15) is 32.3 Å². The van der Waals surface area contributed by atoms with E-state index in [0.717, 1.165) is 18.4 Å². The van der Waals surface area contributed by atoms with Crippen molar-refractivity contribution in [3.63, 3.8) is 0 Å². The van der Waals surface area contributed by atoms with Crippen LogP contribution in [0.3, 0.4) is 0 Å². The van der Waals surface area contributed by atoms with Gasteiger partial charge in [-0.25, -0.2) is 8.42 Å².